The van der Waals surface area contributed by atoms with E-state index in [4.69, 9.17) is 16.3 Å². The van der Waals surface area contributed by atoms with Crippen LogP contribution >= 0.6 is 11.6 Å². The van der Waals surface area contributed by atoms with Gasteiger partial charge in [-0.15, -0.1) is 0 Å². The molecule has 0 bridgehead atoms. The maximum Gasteiger partial charge on any atom is 0.317 e. The van der Waals surface area contributed by atoms with Crippen molar-refractivity contribution in [3.05, 3.63) is 34.9 Å². The second-order valence-electron chi connectivity index (χ2n) is 4.56. The van der Waals surface area contributed by atoms with E-state index in [0.717, 1.165) is 12.0 Å². The third-order valence-electron chi connectivity index (χ3n) is 3.13. The van der Waals surface area contributed by atoms with Crippen LogP contribution in [0.3, 0.4) is 0 Å². The first-order valence-corrected chi connectivity index (χ1v) is 6.99. The number of carbonyl (C=O) groups excluding carboxylic acids is 1. The van der Waals surface area contributed by atoms with Gasteiger partial charge in [-0.05, 0) is 12.5 Å². The van der Waals surface area contributed by atoms with Crippen molar-refractivity contribution in [2.45, 2.75) is 19.4 Å². The number of urea groups is 1. The third-order valence-corrected chi connectivity index (χ3v) is 3.48. The van der Waals surface area contributed by atoms with Crippen LogP contribution in [0.2, 0.25) is 5.02 Å². The van der Waals surface area contributed by atoms with Crippen LogP contribution in [-0.4, -0.2) is 37.2 Å². The summed E-state index contributed by atoms with van der Waals surface area (Å²) in [6.45, 7) is 4.43. The van der Waals surface area contributed by atoms with Gasteiger partial charge in [0.05, 0.1) is 13.2 Å². The monoisotopic (exact) mass is 282 g/mol. The largest absolute Gasteiger partial charge is 0.370 e. The summed E-state index contributed by atoms with van der Waals surface area (Å²) in [5, 5.41) is 3.57. The molecule has 0 aliphatic carbocycles. The highest BCUT2D eigenvalue weighted by molar-refractivity contribution is 6.31. The average Bonchev–Trinajstić information content (AvgIpc) is 2.45. The number of carbonyl (C=O) groups is 1. The summed E-state index contributed by atoms with van der Waals surface area (Å²) < 4.78 is 5.72. The molecular weight excluding hydrogens is 264 g/mol. The van der Waals surface area contributed by atoms with Crippen molar-refractivity contribution < 1.29 is 9.53 Å². The first-order valence-electron chi connectivity index (χ1n) is 6.61. The van der Waals surface area contributed by atoms with Gasteiger partial charge in [-0.1, -0.05) is 36.7 Å². The Kier molecular flexibility index (Phi) is 5.05. The van der Waals surface area contributed by atoms with Gasteiger partial charge < -0.3 is 15.0 Å². The van der Waals surface area contributed by atoms with E-state index in [2.05, 4.69) is 5.32 Å². The molecule has 1 heterocycles. The van der Waals surface area contributed by atoms with Gasteiger partial charge in [0, 0.05) is 23.7 Å². The van der Waals surface area contributed by atoms with Crippen LogP contribution in [0.5, 0.6) is 0 Å². The zero-order chi connectivity index (χ0) is 13.7. The second kappa shape index (κ2) is 6.78. The lowest BCUT2D eigenvalue weighted by atomic mass is 10.1. The summed E-state index contributed by atoms with van der Waals surface area (Å²) in [5.74, 6) is 0. The minimum absolute atomic E-state index is 0.0257. The Labute approximate surface area is 118 Å². The van der Waals surface area contributed by atoms with E-state index in [9.17, 15) is 4.79 Å². The summed E-state index contributed by atoms with van der Waals surface area (Å²) in [7, 11) is 0. The molecule has 0 saturated carbocycles. The molecule has 0 radical (unpaired) electrons. The van der Waals surface area contributed by atoms with Crippen molar-refractivity contribution in [1.82, 2.24) is 10.2 Å². The zero-order valence-electron chi connectivity index (χ0n) is 11.1. The van der Waals surface area contributed by atoms with Crippen molar-refractivity contribution in [3.63, 3.8) is 0 Å². The Balaban J connectivity index is 2.01. The predicted molar refractivity (Wildman–Crippen MR) is 75.4 cm³/mol. The molecular formula is C14H19ClN2O2. The van der Waals surface area contributed by atoms with Gasteiger partial charge in [0.1, 0.15) is 6.10 Å². The van der Waals surface area contributed by atoms with Crippen molar-refractivity contribution in [3.8, 4) is 0 Å². The maximum absolute atomic E-state index is 11.9. The quantitative estimate of drug-likeness (QED) is 0.926. The summed E-state index contributed by atoms with van der Waals surface area (Å²) in [6, 6.07) is 7.58. The minimum Gasteiger partial charge on any atom is -0.370 e. The number of morpholine rings is 1. The molecule has 19 heavy (non-hydrogen) atoms. The lowest BCUT2D eigenvalue weighted by Gasteiger charge is -2.33. The first kappa shape index (κ1) is 14.2. The third kappa shape index (κ3) is 3.61. The SMILES string of the molecule is CCCNC(=O)N1CCOC(c2ccccc2Cl)C1. The molecule has 1 N–H and O–H groups in total. The molecule has 4 nitrogen and oxygen atoms in total. The van der Waals surface area contributed by atoms with Crippen LogP contribution in [0.4, 0.5) is 4.79 Å². The standard InChI is InChI=1S/C14H19ClN2O2/c1-2-7-16-14(18)17-8-9-19-13(10-17)11-5-3-4-6-12(11)15/h3-6,13H,2,7-10H2,1H3,(H,16,18). The van der Waals surface area contributed by atoms with Gasteiger partial charge in [0.2, 0.25) is 0 Å². The summed E-state index contributed by atoms with van der Waals surface area (Å²) in [5.41, 5.74) is 0.942. The fourth-order valence-electron chi connectivity index (χ4n) is 2.10. The number of nitrogens with one attached hydrogen (secondary N) is 1. The van der Waals surface area contributed by atoms with Gasteiger partial charge in [-0.2, -0.15) is 0 Å². The number of amides is 2. The van der Waals surface area contributed by atoms with E-state index >= 15 is 0 Å². The van der Waals surface area contributed by atoms with Gasteiger partial charge in [0.25, 0.3) is 0 Å². The molecule has 1 aromatic rings. The second-order valence-corrected chi connectivity index (χ2v) is 4.97. The van der Waals surface area contributed by atoms with Gasteiger partial charge in [-0.3, -0.25) is 0 Å². The molecule has 1 aliphatic rings. The molecule has 5 heteroatoms. The number of hydrogen-bond donors (Lipinski definition) is 1. The molecule has 1 aromatic carbocycles. The summed E-state index contributed by atoms with van der Waals surface area (Å²) in [6.07, 6.45) is 0.791. The number of ether oxygens (including phenoxy) is 1. The van der Waals surface area contributed by atoms with Gasteiger partial charge >= 0.3 is 6.03 Å². The van der Waals surface area contributed by atoms with Crippen molar-refractivity contribution in [2.75, 3.05) is 26.2 Å². The van der Waals surface area contributed by atoms with E-state index in [1.165, 1.54) is 0 Å². The molecule has 104 valence electrons. The number of halogens is 1. The molecule has 1 fully saturated rings. The van der Waals surface area contributed by atoms with E-state index in [0.29, 0.717) is 31.3 Å². The first-order chi connectivity index (χ1) is 9.22. The normalized spacial score (nSPS) is 19.3. The topological polar surface area (TPSA) is 41.6 Å². The Morgan fingerprint density at radius 3 is 3.05 bits per heavy atom. The fourth-order valence-corrected chi connectivity index (χ4v) is 2.36. The number of nitrogens with zero attached hydrogens (tertiary/aromatic N) is 1. The van der Waals surface area contributed by atoms with Gasteiger partial charge in [-0.25, -0.2) is 4.79 Å². The Bertz CT molecular complexity index is 439. The molecule has 0 spiro atoms. The van der Waals surface area contributed by atoms with Crippen LogP contribution in [0.25, 0.3) is 0 Å². The number of hydrogen-bond acceptors (Lipinski definition) is 2. The highest BCUT2D eigenvalue weighted by Crippen LogP contribution is 2.28. The smallest absolute Gasteiger partial charge is 0.317 e. The van der Waals surface area contributed by atoms with Crippen molar-refractivity contribution >= 4 is 17.6 Å². The summed E-state index contributed by atoms with van der Waals surface area (Å²) >= 11 is 6.17. The van der Waals surface area contributed by atoms with Crippen molar-refractivity contribution in [2.24, 2.45) is 0 Å². The fraction of sp³-hybridized carbons (Fsp3) is 0.500. The predicted octanol–water partition coefficient (Wildman–Crippen LogP) is 2.83. The van der Waals surface area contributed by atoms with E-state index in [-0.39, 0.29) is 12.1 Å². The molecule has 1 atom stereocenters. The van der Waals surface area contributed by atoms with Crippen LogP contribution in [0, 0.1) is 0 Å². The van der Waals surface area contributed by atoms with Gasteiger partial charge in [0.15, 0.2) is 0 Å². The van der Waals surface area contributed by atoms with Crippen LogP contribution in [-0.2, 0) is 4.74 Å². The maximum atomic E-state index is 11.9. The summed E-state index contributed by atoms with van der Waals surface area (Å²) in [4.78, 5) is 13.7. The van der Waals surface area contributed by atoms with E-state index in [1.807, 2.05) is 31.2 Å². The molecule has 2 amide bonds. The number of benzene rings is 1. The average molecular weight is 283 g/mol. The zero-order valence-corrected chi connectivity index (χ0v) is 11.8. The molecule has 1 saturated heterocycles. The Morgan fingerprint density at radius 1 is 1.53 bits per heavy atom. The van der Waals surface area contributed by atoms with Crippen LogP contribution < -0.4 is 5.32 Å². The Hall–Kier alpha value is -1.26. The molecule has 0 aromatic heterocycles. The highest BCUT2D eigenvalue weighted by atomic mass is 35.5. The van der Waals surface area contributed by atoms with Crippen molar-refractivity contribution in [1.29, 1.82) is 0 Å². The van der Waals surface area contributed by atoms with Crippen LogP contribution in [0.1, 0.15) is 25.0 Å². The minimum atomic E-state index is -0.144. The lowest BCUT2D eigenvalue weighted by Crippen LogP contribution is -2.47. The highest BCUT2D eigenvalue weighted by Gasteiger charge is 2.26. The van der Waals surface area contributed by atoms with Crippen LogP contribution in [0.15, 0.2) is 24.3 Å². The Morgan fingerprint density at radius 2 is 2.32 bits per heavy atom. The molecule has 1 unspecified atom stereocenters. The lowest BCUT2D eigenvalue weighted by molar-refractivity contribution is -0.0153. The number of rotatable bonds is 3. The molecule has 2 rings (SSSR count). The van der Waals surface area contributed by atoms with E-state index in [1.54, 1.807) is 4.90 Å². The molecule has 1 aliphatic heterocycles. The van der Waals surface area contributed by atoms with E-state index < -0.39 is 0 Å².